The first-order chi connectivity index (χ1) is 14.1. The molecule has 29 heavy (non-hydrogen) atoms. The molecule has 1 N–H and O–H groups in total. The number of aryl methyl sites for hydroxylation is 1. The van der Waals surface area contributed by atoms with Gasteiger partial charge in [-0.3, -0.25) is 4.79 Å². The monoisotopic (exact) mass is 465 g/mol. The van der Waals surface area contributed by atoms with E-state index >= 15 is 0 Å². The molecule has 0 aliphatic heterocycles. The summed E-state index contributed by atoms with van der Waals surface area (Å²) in [6.45, 7) is 2.11. The molecule has 0 unspecified atom stereocenters. The average Bonchev–Trinajstić information content (AvgIpc) is 3.24. The van der Waals surface area contributed by atoms with Gasteiger partial charge in [0.2, 0.25) is 5.91 Å². The molecule has 2 aromatic heterocycles. The molecule has 4 rings (SSSR count). The topological polar surface area (TPSA) is 55.4 Å². The smallest absolute Gasteiger partial charge is 0.341 e. The van der Waals surface area contributed by atoms with Gasteiger partial charge in [0.1, 0.15) is 5.00 Å². The Balaban J connectivity index is 1.50. The molecule has 0 saturated heterocycles. The van der Waals surface area contributed by atoms with Crippen LogP contribution in [0.25, 0.3) is 10.1 Å². The van der Waals surface area contributed by atoms with Gasteiger partial charge >= 0.3 is 5.97 Å². The van der Waals surface area contributed by atoms with Crippen molar-refractivity contribution < 1.29 is 14.3 Å². The van der Waals surface area contributed by atoms with Gasteiger partial charge in [0.25, 0.3) is 0 Å². The molecular formula is C21H20ClNO3S3. The highest BCUT2D eigenvalue weighted by atomic mass is 35.5. The van der Waals surface area contributed by atoms with Crippen LogP contribution in [0.1, 0.15) is 40.6 Å². The van der Waals surface area contributed by atoms with Crippen LogP contribution in [-0.2, 0) is 22.4 Å². The van der Waals surface area contributed by atoms with E-state index in [1.54, 1.807) is 18.3 Å². The van der Waals surface area contributed by atoms with Crippen molar-refractivity contribution in [2.75, 3.05) is 17.7 Å². The first-order valence-electron chi connectivity index (χ1n) is 9.49. The van der Waals surface area contributed by atoms with Crippen LogP contribution in [0.4, 0.5) is 5.00 Å². The molecule has 4 nitrogen and oxygen atoms in total. The number of carbonyl (C=O) groups excluding carboxylic acids is 2. The van der Waals surface area contributed by atoms with Crippen molar-refractivity contribution in [1.82, 2.24) is 0 Å². The van der Waals surface area contributed by atoms with Gasteiger partial charge in [-0.25, -0.2) is 4.79 Å². The van der Waals surface area contributed by atoms with E-state index in [1.165, 1.54) is 28.0 Å². The van der Waals surface area contributed by atoms with Crippen LogP contribution in [0, 0.1) is 0 Å². The molecule has 0 saturated carbocycles. The van der Waals surface area contributed by atoms with Crippen LogP contribution in [-0.4, -0.2) is 24.2 Å². The molecule has 0 atom stereocenters. The summed E-state index contributed by atoms with van der Waals surface area (Å²) in [7, 11) is 0. The molecule has 152 valence electrons. The number of amides is 1. The van der Waals surface area contributed by atoms with Crippen molar-refractivity contribution in [3.05, 3.63) is 45.3 Å². The lowest BCUT2D eigenvalue weighted by molar-refractivity contribution is -0.113. The van der Waals surface area contributed by atoms with Crippen LogP contribution >= 0.6 is 46.0 Å². The second kappa shape index (κ2) is 9.08. The predicted octanol–water partition coefficient (Wildman–Crippen LogP) is 6.40. The quantitative estimate of drug-likeness (QED) is 0.338. The highest BCUT2D eigenvalue weighted by Gasteiger charge is 2.27. The lowest BCUT2D eigenvalue weighted by Gasteiger charge is -2.12. The van der Waals surface area contributed by atoms with Crippen molar-refractivity contribution in [2.24, 2.45) is 0 Å². The molecule has 1 aromatic carbocycles. The second-order valence-electron chi connectivity index (χ2n) is 6.67. The number of hydrogen-bond donors (Lipinski definition) is 1. The third kappa shape index (κ3) is 4.33. The zero-order chi connectivity index (χ0) is 20.4. The van der Waals surface area contributed by atoms with Crippen LogP contribution in [0.2, 0.25) is 5.02 Å². The van der Waals surface area contributed by atoms with Crippen molar-refractivity contribution in [2.45, 2.75) is 36.8 Å². The molecule has 0 fully saturated rings. The Morgan fingerprint density at radius 2 is 2.00 bits per heavy atom. The Kier molecular flexibility index (Phi) is 6.49. The number of ether oxygens (including phenoxy) is 1. The second-order valence-corrected chi connectivity index (χ2v) is 10.5. The fraction of sp³-hybridized carbons (Fsp3) is 0.333. The maximum absolute atomic E-state index is 12.6. The summed E-state index contributed by atoms with van der Waals surface area (Å²) in [5.41, 5.74) is 1.60. The highest BCUT2D eigenvalue weighted by molar-refractivity contribution is 8.02. The number of anilines is 1. The Labute approximate surface area is 186 Å². The Hall–Kier alpha value is -1.54. The Morgan fingerprint density at radius 3 is 2.79 bits per heavy atom. The van der Waals surface area contributed by atoms with Crippen LogP contribution in [0.15, 0.2) is 28.5 Å². The molecule has 0 radical (unpaired) electrons. The van der Waals surface area contributed by atoms with Gasteiger partial charge in [0.05, 0.1) is 27.2 Å². The largest absolute Gasteiger partial charge is 0.462 e. The normalized spacial score (nSPS) is 13.3. The highest BCUT2D eigenvalue weighted by Crippen LogP contribution is 2.42. The molecule has 8 heteroatoms. The zero-order valence-electron chi connectivity index (χ0n) is 15.9. The minimum atomic E-state index is -0.345. The van der Waals surface area contributed by atoms with Gasteiger partial charge in [-0.2, -0.15) is 0 Å². The number of rotatable bonds is 6. The van der Waals surface area contributed by atoms with E-state index in [4.69, 9.17) is 16.3 Å². The lowest BCUT2D eigenvalue weighted by Crippen LogP contribution is -2.17. The van der Waals surface area contributed by atoms with Gasteiger partial charge < -0.3 is 10.1 Å². The van der Waals surface area contributed by atoms with E-state index in [9.17, 15) is 9.59 Å². The number of benzene rings is 1. The summed E-state index contributed by atoms with van der Waals surface area (Å²) in [6.07, 6.45) is 3.99. The lowest BCUT2D eigenvalue weighted by atomic mass is 9.95. The molecule has 2 heterocycles. The van der Waals surface area contributed by atoms with Crippen molar-refractivity contribution >= 4 is 73.0 Å². The van der Waals surface area contributed by atoms with E-state index in [2.05, 4.69) is 5.32 Å². The van der Waals surface area contributed by atoms with Gasteiger partial charge in [-0.1, -0.05) is 29.8 Å². The number of hydrogen-bond acceptors (Lipinski definition) is 6. The predicted molar refractivity (Wildman–Crippen MR) is 123 cm³/mol. The first kappa shape index (κ1) is 20.7. The standard InChI is InChI=1S/C21H20ClNO3S3/c1-2-26-20(25)17-12-7-3-5-9-14(12)28-19(17)23-16(24)11-27-21-18(22)13-8-4-6-10-15(13)29-21/h4,6,8,10H,2-3,5,7,9,11H2,1H3,(H,23,24). The summed E-state index contributed by atoms with van der Waals surface area (Å²) in [4.78, 5) is 26.3. The van der Waals surface area contributed by atoms with Crippen LogP contribution in [0.5, 0.6) is 0 Å². The SMILES string of the molecule is CCOC(=O)c1c(NC(=O)CSc2sc3ccccc3c2Cl)sc2c1CCCC2. The summed E-state index contributed by atoms with van der Waals surface area (Å²) < 4.78 is 7.29. The molecular weight excluding hydrogens is 446 g/mol. The Morgan fingerprint density at radius 1 is 1.21 bits per heavy atom. The van der Waals surface area contributed by atoms with Crippen LogP contribution < -0.4 is 5.32 Å². The van der Waals surface area contributed by atoms with E-state index < -0.39 is 0 Å². The van der Waals surface area contributed by atoms with Gasteiger partial charge in [-0.15, -0.1) is 34.4 Å². The van der Waals surface area contributed by atoms with Crippen molar-refractivity contribution in [3.63, 3.8) is 0 Å². The number of carbonyl (C=O) groups is 2. The maximum atomic E-state index is 12.6. The van der Waals surface area contributed by atoms with Crippen molar-refractivity contribution in [3.8, 4) is 0 Å². The van der Waals surface area contributed by atoms with Gasteiger partial charge in [0, 0.05) is 15.0 Å². The molecule has 1 aliphatic rings. The summed E-state index contributed by atoms with van der Waals surface area (Å²) >= 11 is 11.0. The minimum absolute atomic E-state index is 0.146. The number of nitrogens with one attached hydrogen (secondary N) is 1. The first-order valence-corrected chi connectivity index (χ1v) is 12.5. The van der Waals surface area contributed by atoms with E-state index in [1.807, 2.05) is 24.3 Å². The van der Waals surface area contributed by atoms with Crippen LogP contribution in [0.3, 0.4) is 0 Å². The van der Waals surface area contributed by atoms with E-state index in [0.29, 0.717) is 22.2 Å². The summed E-state index contributed by atoms with van der Waals surface area (Å²) in [5, 5.41) is 5.27. The summed E-state index contributed by atoms with van der Waals surface area (Å²) in [5.74, 6) is -0.257. The molecule has 0 bridgehead atoms. The Bertz CT molecular complexity index is 1070. The average molecular weight is 466 g/mol. The van der Waals surface area contributed by atoms with Crippen molar-refractivity contribution in [1.29, 1.82) is 0 Å². The zero-order valence-corrected chi connectivity index (χ0v) is 19.1. The van der Waals surface area contributed by atoms with Gasteiger partial charge in [-0.05, 0) is 44.2 Å². The summed E-state index contributed by atoms with van der Waals surface area (Å²) in [6, 6.07) is 7.95. The molecule has 3 aromatic rings. The molecule has 1 amide bonds. The van der Waals surface area contributed by atoms with E-state index in [0.717, 1.165) is 45.5 Å². The van der Waals surface area contributed by atoms with Gasteiger partial charge in [0.15, 0.2) is 0 Å². The third-order valence-electron chi connectivity index (χ3n) is 4.74. The number of fused-ring (bicyclic) bond motifs is 2. The number of halogens is 1. The number of esters is 1. The third-order valence-corrected chi connectivity index (χ3v) is 9.01. The number of thioether (sulfide) groups is 1. The minimum Gasteiger partial charge on any atom is -0.462 e. The fourth-order valence-corrected chi connectivity index (χ4v) is 7.32. The molecule has 0 spiro atoms. The molecule has 1 aliphatic carbocycles. The fourth-order valence-electron chi connectivity index (χ4n) is 3.45. The maximum Gasteiger partial charge on any atom is 0.341 e. The van der Waals surface area contributed by atoms with E-state index in [-0.39, 0.29) is 17.6 Å². The number of thiophene rings is 2.